The van der Waals surface area contributed by atoms with Crippen molar-refractivity contribution in [2.45, 2.75) is 32.2 Å². The molecule has 4 heterocycles. The van der Waals surface area contributed by atoms with Crippen LogP contribution >= 0.6 is 11.3 Å². The van der Waals surface area contributed by atoms with Crippen LogP contribution in [0.15, 0.2) is 34.6 Å². The average molecular weight is 342 g/mol. The molecule has 6 nitrogen and oxygen atoms in total. The van der Waals surface area contributed by atoms with Gasteiger partial charge in [0, 0.05) is 24.9 Å². The number of aromatic nitrogens is 3. The van der Waals surface area contributed by atoms with Crippen LogP contribution in [0.1, 0.15) is 46.2 Å². The van der Waals surface area contributed by atoms with E-state index in [2.05, 4.69) is 10.1 Å². The van der Waals surface area contributed by atoms with Gasteiger partial charge in [-0.05, 0) is 43.2 Å². The van der Waals surface area contributed by atoms with Crippen molar-refractivity contribution < 1.29 is 4.79 Å². The van der Waals surface area contributed by atoms with Crippen molar-refractivity contribution in [1.82, 2.24) is 19.5 Å². The molecule has 3 aromatic heterocycles. The summed E-state index contributed by atoms with van der Waals surface area (Å²) in [7, 11) is 0. The highest BCUT2D eigenvalue weighted by atomic mass is 32.1. The van der Waals surface area contributed by atoms with E-state index < -0.39 is 0 Å². The summed E-state index contributed by atoms with van der Waals surface area (Å²) in [6, 6.07) is 5.14. The van der Waals surface area contributed by atoms with E-state index in [-0.39, 0.29) is 17.5 Å². The molecule has 0 saturated carbocycles. The summed E-state index contributed by atoms with van der Waals surface area (Å²) < 4.78 is 1.40. The molecule has 124 valence electrons. The van der Waals surface area contributed by atoms with Crippen LogP contribution in [0.25, 0.3) is 5.65 Å². The number of hydrogen-bond donors (Lipinski definition) is 1. The normalized spacial score (nSPS) is 18.2. The number of nitrogens with one attached hydrogen (secondary N) is 1. The van der Waals surface area contributed by atoms with Crippen LogP contribution in [0.5, 0.6) is 0 Å². The molecule has 0 aromatic carbocycles. The predicted octanol–water partition coefficient (Wildman–Crippen LogP) is 2.76. The number of aryl methyl sites for hydroxylation is 1. The van der Waals surface area contributed by atoms with Crippen LogP contribution in [0, 0.1) is 6.92 Å². The molecule has 1 fully saturated rings. The predicted molar refractivity (Wildman–Crippen MR) is 92.5 cm³/mol. The van der Waals surface area contributed by atoms with Gasteiger partial charge in [-0.3, -0.25) is 14.7 Å². The molecular weight excluding hydrogens is 324 g/mol. The van der Waals surface area contributed by atoms with Crippen molar-refractivity contribution in [2.75, 3.05) is 6.54 Å². The molecule has 0 aliphatic carbocycles. The number of H-pyrrole nitrogens is 1. The number of carbonyl (C=O) groups is 1. The molecule has 3 aromatic rings. The molecule has 1 amide bonds. The number of rotatable bonds is 2. The molecule has 1 N–H and O–H groups in total. The SMILES string of the molecule is Cc1ccsc1C(=O)N1CCCC[C@H]1c1cc(=O)n2[nH]ccc2n1. The van der Waals surface area contributed by atoms with Crippen molar-refractivity contribution in [2.24, 2.45) is 0 Å². The van der Waals surface area contributed by atoms with Gasteiger partial charge in [0.05, 0.1) is 16.6 Å². The zero-order chi connectivity index (χ0) is 16.7. The minimum atomic E-state index is -0.148. The van der Waals surface area contributed by atoms with Gasteiger partial charge in [-0.2, -0.15) is 0 Å². The summed E-state index contributed by atoms with van der Waals surface area (Å²) in [4.78, 5) is 32.5. The quantitative estimate of drug-likeness (QED) is 0.778. The number of nitrogens with zero attached hydrogens (tertiary/aromatic N) is 3. The van der Waals surface area contributed by atoms with Crippen molar-refractivity contribution >= 4 is 22.9 Å². The minimum absolute atomic E-state index is 0.0447. The van der Waals surface area contributed by atoms with Gasteiger partial charge in [-0.1, -0.05) is 0 Å². The van der Waals surface area contributed by atoms with Crippen molar-refractivity contribution in [1.29, 1.82) is 0 Å². The molecule has 1 atom stereocenters. The van der Waals surface area contributed by atoms with E-state index in [1.165, 1.54) is 15.9 Å². The van der Waals surface area contributed by atoms with Crippen molar-refractivity contribution in [3.8, 4) is 0 Å². The fourth-order valence-electron chi connectivity index (χ4n) is 3.32. The Bertz CT molecular complexity index is 955. The Hall–Kier alpha value is -2.41. The third kappa shape index (κ3) is 2.45. The Kier molecular flexibility index (Phi) is 3.72. The molecule has 0 radical (unpaired) electrons. The van der Waals surface area contributed by atoms with E-state index in [1.807, 2.05) is 23.3 Å². The molecule has 1 aliphatic heterocycles. The fraction of sp³-hybridized carbons (Fsp3) is 0.353. The van der Waals surface area contributed by atoms with Gasteiger partial charge in [-0.25, -0.2) is 9.50 Å². The monoisotopic (exact) mass is 342 g/mol. The van der Waals surface area contributed by atoms with Crippen LogP contribution < -0.4 is 5.56 Å². The van der Waals surface area contributed by atoms with Gasteiger partial charge in [0.25, 0.3) is 11.5 Å². The maximum absolute atomic E-state index is 13.0. The lowest BCUT2D eigenvalue weighted by Gasteiger charge is -2.35. The summed E-state index contributed by atoms with van der Waals surface area (Å²) in [5.74, 6) is 0.0447. The van der Waals surface area contributed by atoms with Crippen molar-refractivity contribution in [3.63, 3.8) is 0 Å². The molecule has 7 heteroatoms. The molecule has 1 saturated heterocycles. The van der Waals surface area contributed by atoms with Gasteiger partial charge in [0.1, 0.15) is 0 Å². The number of carbonyl (C=O) groups excluding carboxylic acids is 1. The highest BCUT2D eigenvalue weighted by molar-refractivity contribution is 7.12. The fourth-order valence-corrected chi connectivity index (χ4v) is 4.20. The lowest BCUT2D eigenvalue weighted by molar-refractivity contribution is 0.0610. The van der Waals surface area contributed by atoms with E-state index in [0.717, 1.165) is 29.7 Å². The van der Waals surface area contributed by atoms with E-state index in [1.54, 1.807) is 18.3 Å². The summed E-state index contributed by atoms with van der Waals surface area (Å²) in [6.45, 7) is 2.66. The zero-order valence-corrected chi connectivity index (χ0v) is 14.2. The van der Waals surface area contributed by atoms with E-state index in [4.69, 9.17) is 0 Å². The second-order valence-corrected chi connectivity index (χ2v) is 7.03. The number of piperidine rings is 1. The third-order valence-corrected chi connectivity index (χ3v) is 5.57. The largest absolute Gasteiger partial charge is 0.329 e. The topological polar surface area (TPSA) is 70.5 Å². The highest BCUT2D eigenvalue weighted by Gasteiger charge is 2.31. The lowest BCUT2D eigenvalue weighted by atomic mass is 9.98. The Balaban J connectivity index is 1.74. The van der Waals surface area contributed by atoms with Crippen LogP contribution in [0.2, 0.25) is 0 Å². The number of amides is 1. The Morgan fingerprint density at radius 3 is 3.04 bits per heavy atom. The Labute approximate surface area is 142 Å². The standard InChI is InChI=1S/C17H18N4O2S/c1-11-6-9-24-16(11)17(23)20-8-3-2-4-13(20)12-10-15(22)21-14(19-12)5-7-18-21/h5-7,9-10,13,18H,2-4,8H2,1H3/t13-/m0/s1. The number of aromatic amines is 1. The summed E-state index contributed by atoms with van der Waals surface area (Å²) in [5, 5.41) is 4.79. The molecular formula is C17H18N4O2S. The first-order valence-electron chi connectivity index (χ1n) is 8.07. The summed E-state index contributed by atoms with van der Waals surface area (Å²) >= 11 is 1.47. The molecule has 4 rings (SSSR count). The molecule has 0 bridgehead atoms. The van der Waals surface area contributed by atoms with Gasteiger partial charge >= 0.3 is 0 Å². The Morgan fingerprint density at radius 1 is 1.38 bits per heavy atom. The smallest absolute Gasteiger partial charge is 0.272 e. The average Bonchev–Trinajstić information content (AvgIpc) is 3.23. The Morgan fingerprint density at radius 2 is 2.25 bits per heavy atom. The first-order valence-corrected chi connectivity index (χ1v) is 8.95. The first-order chi connectivity index (χ1) is 11.6. The summed E-state index contributed by atoms with van der Waals surface area (Å²) in [6.07, 6.45) is 4.54. The minimum Gasteiger partial charge on any atom is -0.329 e. The van der Waals surface area contributed by atoms with E-state index in [0.29, 0.717) is 17.9 Å². The molecule has 0 unspecified atom stereocenters. The molecule has 24 heavy (non-hydrogen) atoms. The number of thiophene rings is 1. The van der Waals surface area contributed by atoms with E-state index >= 15 is 0 Å². The van der Waals surface area contributed by atoms with Crippen LogP contribution in [-0.4, -0.2) is 31.9 Å². The second kappa shape index (κ2) is 5.90. The van der Waals surface area contributed by atoms with Gasteiger partial charge in [0.15, 0.2) is 5.65 Å². The zero-order valence-electron chi connectivity index (χ0n) is 13.4. The van der Waals surface area contributed by atoms with E-state index in [9.17, 15) is 9.59 Å². The van der Waals surface area contributed by atoms with Crippen LogP contribution in [0.4, 0.5) is 0 Å². The van der Waals surface area contributed by atoms with Crippen LogP contribution in [0.3, 0.4) is 0 Å². The molecule has 1 aliphatic rings. The summed E-state index contributed by atoms with van der Waals surface area (Å²) in [5.41, 5.74) is 2.12. The molecule has 0 spiro atoms. The van der Waals surface area contributed by atoms with Gasteiger partial charge in [0.2, 0.25) is 0 Å². The van der Waals surface area contributed by atoms with Gasteiger partial charge < -0.3 is 4.90 Å². The maximum atomic E-state index is 13.0. The number of hydrogen-bond acceptors (Lipinski definition) is 4. The van der Waals surface area contributed by atoms with Crippen LogP contribution in [-0.2, 0) is 0 Å². The highest BCUT2D eigenvalue weighted by Crippen LogP contribution is 2.32. The number of fused-ring (bicyclic) bond motifs is 1. The first kappa shape index (κ1) is 15.1. The second-order valence-electron chi connectivity index (χ2n) is 6.12. The number of likely N-dealkylation sites (tertiary alicyclic amines) is 1. The lowest BCUT2D eigenvalue weighted by Crippen LogP contribution is -2.39. The van der Waals surface area contributed by atoms with Gasteiger partial charge in [-0.15, -0.1) is 11.3 Å². The maximum Gasteiger partial charge on any atom is 0.272 e. The van der Waals surface area contributed by atoms with Crippen molar-refractivity contribution in [3.05, 3.63) is 56.3 Å². The third-order valence-electron chi connectivity index (χ3n) is 4.56.